The third-order valence-electron chi connectivity index (χ3n) is 2.38. The summed E-state index contributed by atoms with van der Waals surface area (Å²) in [5.74, 6) is 1.37. The maximum atomic E-state index is 4.59. The molecule has 1 fully saturated rings. The summed E-state index contributed by atoms with van der Waals surface area (Å²) in [6.45, 7) is 4.72. The molecule has 2 aliphatic heterocycles. The third kappa shape index (κ3) is 0.917. The maximum absolute atomic E-state index is 4.59. The average Bonchev–Trinajstić information content (AvgIpc) is 2.33. The lowest BCUT2D eigenvalue weighted by molar-refractivity contribution is 0.399. The largest absolute Gasteiger partial charge is 0.360 e. The van der Waals surface area contributed by atoms with Crippen LogP contribution in [-0.4, -0.2) is 29.9 Å². The zero-order valence-corrected chi connectivity index (χ0v) is 6.51. The van der Waals surface area contributed by atoms with Crippen LogP contribution in [0.3, 0.4) is 0 Å². The van der Waals surface area contributed by atoms with Gasteiger partial charge < -0.3 is 4.90 Å². The smallest absolute Gasteiger partial charge is 0.0992 e. The summed E-state index contributed by atoms with van der Waals surface area (Å²) in [5.41, 5.74) is 0. The van der Waals surface area contributed by atoms with Crippen LogP contribution in [0.5, 0.6) is 0 Å². The minimum atomic E-state index is 0.587. The molecule has 1 atom stereocenters. The molecule has 0 aromatic rings. The summed E-state index contributed by atoms with van der Waals surface area (Å²) in [7, 11) is 0. The maximum Gasteiger partial charge on any atom is 0.0992 e. The minimum absolute atomic E-state index is 0.587. The van der Waals surface area contributed by atoms with Gasteiger partial charge in [0.15, 0.2) is 0 Å². The quantitative estimate of drug-likeness (QED) is 0.492. The first-order chi connectivity index (χ1) is 4.86. The summed E-state index contributed by atoms with van der Waals surface area (Å²) in [6.07, 6.45) is 3.80. The van der Waals surface area contributed by atoms with E-state index in [1.807, 2.05) is 0 Å². The highest BCUT2D eigenvalue weighted by Gasteiger charge is 2.22. The van der Waals surface area contributed by atoms with Crippen LogP contribution in [-0.2, 0) is 0 Å². The number of fused-ring (bicyclic) bond motifs is 1. The normalized spacial score (nSPS) is 31.9. The monoisotopic (exact) mass is 138 g/mol. The Balaban J connectivity index is 2.16. The van der Waals surface area contributed by atoms with Crippen molar-refractivity contribution in [1.82, 2.24) is 4.90 Å². The van der Waals surface area contributed by atoms with Gasteiger partial charge in [0.2, 0.25) is 0 Å². The molecule has 0 saturated carbocycles. The molecule has 0 aromatic carbocycles. The first-order valence-electron chi connectivity index (χ1n) is 4.18. The fourth-order valence-electron chi connectivity index (χ4n) is 1.76. The van der Waals surface area contributed by atoms with Crippen LogP contribution >= 0.6 is 0 Å². The van der Waals surface area contributed by atoms with Gasteiger partial charge in [-0.05, 0) is 19.8 Å². The molecule has 2 heterocycles. The third-order valence-corrected chi connectivity index (χ3v) is 2.38. The second kappa shape index (κ2) is 2.26. The molecule has 2 rings (SSSR count). The molecule has 10 heavy (non-hydrogen) atoms. The van der Waals surface area contributed by atoms with E-state index in [1.165, 1.54) is 38.2 Å². The number of aliphatic imine (C=N–C) groups is 1. The lowest BCUT2D eigenvalue weighted by Gasteiger charge is -2.25. The highest BCUT2D eigenvalue weighted by Crippen LogP contribution is 2.18. The van der Waals surface area contributed by atoms with Crippen LogP contribution in [0.4, 0.5) is 0 Å². The van der Waals surface area contributed by atoms with Gasteiger partial charge in [0.05, 0.1) is 11.9 Å². The second-order valence-corrected chi connectivity index (χ2v) is 3.27. The van der Waals surface area contributed by atoms with E-state index >= 15 is 0 Å². The molecule has 2 aliphatic rings. The standard InChI is InChI=1S/C8H14N2/c1-7-4-6-10-5-2-3-8(10)9-7/h7H,2-6H2,1H3. The van der Waals surface area contributed by atoms with Crippen LogP contribution < -0.4 is 0 Å². The molecular weight excluding hydrogens is 124 g/mol. The lowest BCUT2D eigenvalue weighted by Crippen LogP contribution is -2.32. The first kappa shape index (κ1) is 6.20. The Morgan fingerprint density at radius 3 is 3.30 bits per heavy atom. The van der Waals surface area contributed by atoms with Gasteiger partial charge in [0, 0.05) is 19.5 Å². The molecule has 0 spiro atoms. The summed E-state index contributed by atoms with van der Waals surface area (Å²) < 4.78 is 0. The van der Waals surface area contributed by atoms with Crippen molar-refractivity contribution >= 4 is 5.84 Å². The van der Waals surface area contributed by atoms with Gasteiger partial charge in [-0.1, -0.05) is 0 Å². The highest BCUT2D eigenvalue weighted by molar-refractivity contribution is 5.84. The second-order valence-electron chi connectivity index (χ2n) is 3.27. The number of rotatable bonds is 0. The zero-order valence-electron chi connectivity index (χ0n) is 6.51. The number of hydrogen-bond acceptors (Lipinski definition) is 2. The number of amidine groups is 1. The summed E-state index contributed by atoms with van der Waals surface area (Å²) in [6, 6.07) is 0.587. The first-order valence-corrected chi connectivity index (χ1v) is 4.18. The molecule has 0 radical (unpaired) electrons. The van der Waals surface area contributed by atoms with Crippen molar-refractivity contribution < 1.29 is 0 Å². The van der Waals surface area contributed by atoms with Gasteiger partial charge in [-0.2, -0.15) is 0 Å². The molecule has 1 unspecified atom stereocenters. The van der Waals surface area contributed by atoms with E-state index in [1.54, 1.807) is 0 Å². The van der Waals surface area contributed by atoms with Crippen molar-refractivity contribution in [2.45, 2.75) is 32.2 Å². The molecule has 56 valence electrons. The predicted molar refractivity (Wildman–Crippen MR) is 42.3 cm³/mol. The molecule has 1 saturated heterocycles. The fourth-order valence-corrected chi connectivity index (χ4v) is 1.76. The molecular formula is C8H14N2. The van der Waals surface area contributed by atoms with Gasteiger partial charge in [-0.3, -0.25) is 4.99 Å². The van der Waals surface area contributed by atoms with Crippen molar-refractivity contribution in [3.8, 4) is 0 Å². The molecule has 2 heteroatoms. The van der Waals surface area contributed by atoms with Gasteiger partial charge in [-0.15, -0.1) is 0 Å². The average molecular weight is 138 g/mol. The Bertz CT molecular complexity index is 163. The molecule has 2 nitrogen and oxygen atoms in total. The number of nitrogens with zero attached hydrogens (tertiary/aromatic N) is 2. The van der Waals surface area contributed by atoms with Crippen LogP contribution in [0, 0.1) is 0 Å². The van der Waals surface area contributed by atoms with Crippen LogP contribution in [0.15, 0.2) is 4.99 Å². The lowest BCUT2D eigenvalue weighted by atomic mass is 10.2. The molecule has 0 N–H and O–H groups in total. The van der Waals surface area contributed by atoms with E-state index in [2.05, 4.69) is 16.8 Å². The molecule has 0 amide bonds. The minimum Gasteiger partial charge on any atom is -0.360 e. The van der Waals surface area contributed by atoms with E-state index in [9.17, 15) is 0 Å². The summed E-state index contributed by atoms with van der Waals surface area (Å²) in [5, 5.41) is 0. The van der Waals surface area contributed by atoms with Crippen LogP contribution in [0.25, 0.3) is 0 Å². The summed E-state index contributed by atoms with van der Waals surface area (Å²) in [4.78, 5) is 7.02. The van der Waals surface area contributed by atoms with Crippen molar-refractivity contribution in [2.24, 2.45) is 4.99 Å². The van der Waals surface area contributed by atoms with E-state index in [-0.39, 0.29) is 0 Å². The Kier molecular flexibility index (Phi) is 1.40. The number of hydrogen-bond donors (Lipinski definition) is 0. The van der Waals surface area contributed by atoms with Crippen molar-refractivity contribution in [1.29, 1.82) is 0 Å². The van der Waals surface area contributed by atoms with Crippen LogP contribution in [0.2, 0.25) is 0 Å². The van der Waals surface area contributed by atoms with E-state index in [0.717, 1.165) is 0 Å². The van der Waals surface area contributed by atoms with E-state index in [4.69, 9.17) is 0 Å². The van der Waals surface area contributed by atoms with Crippen LogP contribution in [0.1, 0.15) is 26.2 Å². The van der Waals surface area contributed by atoms with Gasteiger partial charge >= 0.3 is 0 Å². The van der Waals surface area contributed by atoms with E-state index < -0.39 is 0 Å². The van der Waals surface area contributed by atoms with Gasteiger partial charge in [0.25, 0.3) is 0 Å². The zero-order chi connectivity index (χ0) is 6.97. The topological polar surface area (TPSA) is 15.6 Å². The molecule has 0 aliphatic carbocycles. The SMILES string of the molecule is CC1CCN2CCCC2=N1. The highest BCUT2D eigenvalue weighted by atomic mass is 15.2. The Labute approximate surface area is 61.9 Å². The van der Waals surface area contributed by atoms with E-state index in [0.29, 0.717) is 6.04 Å². The summed E-state index contributed by atoms with van der Waals surface area (Å²) >= 11 is 0. The van der Waals surface area contributed by atoms with Gasteiger partial charge in [0.1, 0.15) is 0 Å². The van der Waals surface area contributed by atoms with Crippen molar-refractivity contribution in [3.63, 3.8) is 0 Å². The fraction of sp³-hybridized carbons (Fsp3) is 0.875. The van der Waals surface area contributed by atoms with Crippen molar-refractivity contribution in [3.05, 3.63) is 0 Å². The molecule has 0 aromatic heterocycles. The Morgan fingerprint density at radius 1 is 1.50 bits per heavy atom. The molecule has 0 bridgehead atoms. The Hall–Kier alpha value is -0.530. The predicted octanol–water partition coefficient (Wildman–Crippen LogP) is 1.27. The van der Waals surface area contributed by atoms with Crippen molar-refractivity contribution in [2.75, 3.05) is 13.1 Å². The Morgan fingerprint density at radius 2 is 2.40 bits per heavy atom. The van der Waals surface area contributed by atoms with Gasteiger partial charge in [-0.25, -0.2) is 0 Å².